The second-order valence-corrected chi connectivity index (χ2v) is 2.47. The topological polar surface area (TPSA) is 118 Å². The molecule has 0 saturated heterocycles. The Morgan fingerprint density at radius 2 is 1.73 bits per heavy atom. The van der Waals surface area contributed by atoms with Gasteiger partial charge in [-0.2, -0.15) is 0 Å². The molecule has 0 saturated carbocycles. The molecule has 0 aliphatic carbocycles. The van der Waals surface area contributed by atoms with Crippen LogP contribution >= 0.6 is 0 Å². The molecule has 3 N–H and O–H groups in total. The van der Waals surface area contributed by atoms with Gasteiger partial charge in [0.15, 0.2) is 0 Å². The second-order valence-electron chi connectivity index (χ2n) is 2.04. The number of hydrogen-bond donors (Lipinski definition) is 3. The standard InChI is InChI=1S/C7H6O3.Na.H2O3S/c8-6-4-2-1-3-5(6)7(9)10;;1-4(2)3/h1-4,8H,(H,9,10);;(H2,1,2,3)/q;+1;/p-1. The number of phenols is 1. The Bertz CT molecular complexity index is 338. The molecule has 15 heavy (non-hydrogen) atoms. The van der Waals surface area contributed by atoms with Crippen LogP contribution in [-0.4, -0.2) is 29.5 Å². The number of para-hydroxylation sites is 1. The molecule has 0 aliphatic heterocycles. The van der Waals surface area contributed by atoms with Gasteiger partial charge in [0.05, 0.1) is 11.4 Å². The Morgan fingerprint density at radius 1 is 1.33 bits per heavy atom. The molecule has 0 fully saturated rings. The van der Waals surface area contributed by atoms with Crippen molar-refractivity contribution in [3.63, 3.8) is 0 Å². The third-order valence-corrected chi connectivity index (χ3v) is 1.13. The molecule has 8 heteroatoms. The normalized spacial score (nSPS) is 10.3. The summed E-state index contributed by atoms with van der Waals surface area (Å²) in [6, 6.07) is 5.81. The van der Waals surface area contributed by atoms with Crippen LogP contribution in [0.4, 0.5) is 0 Å². The van der Waals surface area contributed by atoms with Crippen LogP contribution in [0.5, 0.6) is 5.75 Å². The van der Waals surface area contributed by atoms with Gasteiger partial charge in [-0.15, -0.1) is 0 Å². The van der Waals surface area contributed by atoms with Gasteiger partial charge < -0.3 is 19.3 Å². The van der Waals surface area contributed by atoms with Crippen molar-refractivity contribution in [2.24, 2.45) is 0 Å². The predicted octanol–water partition coefficient (Wildman–Crippen LogP) is -2.57. The predicted molar refractivity (Wildman–Crippen MR) is 46.6 cm³/mol. The van der Waals surface area contributed by atoms with Crippen LogP contribution < -0.4 is 29.6 Å². The van der Waals surface area contributed by atoms with Crippen molar-refractivity contribution < 1.29 is 57.9 Å². The zero-order chi connectivity index (χ0) is 11.1. The van der Waals surface area contributed by atoms with Crippen LogP contribution in [0.1, 0.15) is 10.4 Å². The third kappa shape index (κ3) is 8.55. The first kappa shape index (κ1) is 17.0. The maximum Gasteiger partial charge on any atom is 1.00 e. The molecule has 0 amide bonds. The number of rotatable bonds is 1. The van der Waals surface area contributed by atoms with Crippen LogP contribution in [0.3, 0.4) is 0 Å². The van der Waals surface area contributed by atoms with Gasteiger partial charge in [0.1, 0.15) is 11.3 Å². The first-order chi connectivity index (χ1) is 6.45. The Labute approximate surface area is 110 Å². The van der Waals surface area contributed by atoms with Gasteiger partial charge in [-0.1, -0.05) is 12.1 Å². The number of benzene rings is 1. The average Bonchev–Trinajstić information content (AvgIpc) is 2.03. The molecule has 6 nitrogen and oxygen atoms in total. The molecule has 0 aliphatic rings. The number of carbonyl (C=O) groups is 1. The fourth-order valence-electron chi connectivity index (χ4n) is 0.654. The molecule has 0 heterocycles. The summed E-state index contributed by atoms with van der Waals surface area (Å²) in [6.07, 6.45) is 0. The Hall–Kier alpha value is -0.440. The van der Waals surface area contributed by atoms with E-state index in [1.54, 1.807) is 12.1 Å². The zero-order valence-electron chi connectivity index (χ0n) is 7.78. The van der Waals surface area contributed by atoms with Gasteiger partial charge >= 0.3 is 35.5 Å². The van der Waals surface area contributed by atoms with E-state index in [0.29, 0.717) is 0 Å². The van der Waals surface area contributed by atoms with Crippen molar-refractivity contribution in [1.29, 1.82) is 0 Å². The maximum absolute atomic E-state index is 10.3. The van der Waals surface area contributed by atoms with E-state index < -0.39 is 17.3 Å². The summed E-state index contributed by atoms with van der Waals surface area (Å²) in [5.74, 6) is -1.31. The summed E-state index contributed by atoms with van der Waals surface area (Å²) < 4.78 is 24.1. The molecular weight excluding hydrogens is 235 g/mol. The third-order valence-electron chi connectivity index (χ3n) is 1.13. The van der Waals surface area contributed by atoms with Crippen LogP contribution in [0.15, 0.2) is 24.3 Å². The summed E-state index contributed by atoms with van der Waals surface area (Å²) in [5.41, 5.74) is -0.0671. The Kier molecular flexibility index (Phi) is 10.00. The molecule has 78 valence electrons. The van der Waals surface area contributed by atoms with Crippen molar-refractivity contribution in [2.75, 3.05) is 0 Å². The van der Waals surface area contributed by atoms with E-state index in [4.69, 9.17) is 23.5 Å². The summed E-state index contributed by atoms with van der Waals surface area (Å²) in [4.78, 5) is 10.3. The largest absolute Gasteiger partial charge is 1.00 e. The van der Waals surface area contributed by atoms with Crippen LogP contribution in [0.2, 0.25) is 0 Å². The number of carboxylic acids is 1. The van der Waals surface area contributed by atoms with Gasteiger partial charge in [0, 0.05) is 0 Å². The van der Waals surface area contributed by atoms with E-state index in [1.165, 1.54) is 12.1 Å². The molecule has 0 aromatic heterocycles. The van der Waals surface area contributed by atoms with Crippen LogP contribution in [0.25, 0.3) is 0 Å². The minimum Gasteiger partial charge on any atom is -0.750 e. The van der Waals surface area contributed by atoms with E-state index in [-0.39, 0.29) is 40.9 Å². The van der Waals surface area contributed by atoms with E-state index in [2.05, 4.69) is 0 Å². The van der Waals surface area contributed by atoms with Crippen molar-refractivity contribution in [3.05, 3.63) is 29.8 Å². The summed E-state index contributed by atoms with van der Waals surface area (Å²) in [7, 11) is 0. The fourth-order valence-corrected chi connectivity index (χ4v) is 0.654. The molecule has 0 spiro atoms. The molecule has 1 rings (SSSR count). The summed E-state index contributed by atoms with van der Waals surface area (Å²) in [5, 5.41) is 17.3. The Balaban J connectivity index is 0. The van der Waals surface area contributed by atoms with Gasteiger partial charge in [0.25, 0.3) is 0 Å². The van der Waals surface area contributed by atoms with Crippen molar-refractivity contribution in [1.82, 2.24) is 0 Å². The van der Waals surface area contributed by atoms with Gasteiger partial charge in [0.2, 0.25) is 0 Å². The molecule has 1 unspecified atom stereocenters. The monoisotopic (exact) mass is 242 g/mol. The summed E-state index contributed by atoms with van der Waals surface area (Å²) >= 11 is -2.86. The summed E-state index contributed by atoms with van der Waals surface area (Å²) in [6.45, 7) is 0. The minimum atomic E-state index is -2.86. The zero-order valence-corrected chi connectivity index (χ0v) is 10.6. The molecular formula is C7H7NaO6S. The molecule has 1 atom stereocenters. The van der Waals surface area contributed by atoms with E-state index >= 15 is 0 Å². The quantitative estimate of drug-likeness (QED) is 0.368. The smallest absolute Gasteiger partial charge is 0.750 e. The molecule has 0 bridgehead atoms. The molecule has 0 radical (unpaired) electrons. The van der Waals surface area contributed by atoms with Crippen molar-refractivity contribution >= 4 is 17.3 Å². The number of aromatic carboxylic acids is 1. The Morgan fingerprint density at radius 3 is 2.00 bits per heavy atom. The molecule has 1 aromatic carbocycles. The van der Waals surface area contributed by atoms with Crippen LogP contribution in [-0.2, 0) is 11.4 Å². The van der Waals surface area contributed by atoms with Gasteiger partial charge in [-0.3, -0.25) is 0 Å². The maximum atomic E-state index is 10.3. The van der Waals surface area contributed by atoms with Gasteiger partial charge in [-0.25, -0.2) is 9.00 Å². The van der Waals surface area contributed by atoms with Crippen LogP contribution in [0, 0.1) is 0 Å². The second kappa shape index (κ2) is 8.84. The fraction of sp³-hybridized carbons (Fsp3) is 0. The van der Waals surface area contributed by atoms with Crippen molar-refractivity contribution in [2.45, 2.75) is 0 Å². The molecule has 1 aromatic rings. The average molecular weight is 242 g/mol. The minimum absolute atomic E-state index is 0. The van der Waals surface area contributed by atoms with E-state index in [0.717, 1.165) is 0 Å². The number of hydrogen-bond acceptors (Lipinski definition) is 4. The van der Waals surface area contributed by atoms with Crippen molar-refractivity contribution in [3.8, 4) is 5.75 Å². The van der Waals surface area contributed by atoms with E-state index in [1.807, 2.05) is 0 Å². The first-order valence-corrected chi connectivity index (χ1v) is 4.28. The van der Waals surface area contributed by atoms with E-state index in [9.17, 15) is 4.79 Å². The van der Waals surface area contributed by atoms with Gasteiger partial charge in [-0.05, 0) is 12.1 Å². The SMILES string of the molecule is O=C(O)c1ccccc1O.O=S([O-])O.[Na+]. The number of carboxylic acid groups (broad SMARTS) is 1. The first-order valence-electron chi connectivity index (χ1n) is 3.24. The number of aromatic hydroxyl groups is 1.